The normalized spacial score (nSPS) is 17.7. The lowest BCUT2D eigenvalue weighted by atomic mass is 10.1. The lowest BCUT2D eigenvalue weighted by molar-refractivity contribution is -0.141. The second-order valence-corrected chi connectivity index (χ2v) is 5.59. The van der Waals surface area contributed by atoms with E-state index in [1.807, 2.05) is 18.2 Å². The quantitative estimate of drug-likeness (QED) is 0.864. The minimum Gasteiger partial charge on any atom is -0.481 e. The Labute approximate surface area is 138 Å². The van der Waals surface area contributed by atoms with Crippen molar-refractivity contribution in [3.63, 3.8) is 0 Å². The molecular weight excluding hydrogens is 312 g/mol. The number of nitrogens with zero attached hydrogens (tertiary/aromatic N) is 4. The van der Waals surface area contributed by atoms with E-state index in [1.54, 1.807) is 22.0 Å². The highest BCUT2D eigenvalue weighted by molar-refractivity contribution is 5.95. The van der Waals surface area contributed by atoms with Gasteiger partial charge in [0, 0.05) is 18.7 Å². The van der Waals surface area contributed by atoms with E-state index in [2.05, 4.69) is 10.1 Å². The molecule has 8 nitrogen and oxygen atoms in total. The van der Waals surface area contributed by atoms with E-state index in [0.29, 0.717) is 25.3 Å². The van der Waals surface area contributed by atoms with Crippen molar-refractivity contribution < 1.29 is 19.4 Å². The minimum absolute atomic E-state index is 0.107. The number of hydrogen-bond donors (Lipinski definition) is 1. The average molecular weight is 330 g/mol. The van der Waals surface area contributed by atoms with Crippen molar-refractivity contribution in [1.82, 2.24) is 19.7 Å². The van der Waals surface area contributed by atoms with Crippen LogP contribution < -0.4 is 0 Å². The number of benzene rings is 1. The predicted octanol–water partition coefficient (Wildman–Crippen LogP) is 0.642. The number of morpholine rings is 1. The number of aliphatic carboxylic acids is 1. The van der Waals surface area contributed by atoms with E-state index in [4.69, 9.17) is 9.84 Å². The number of carboxylic acid groups (broad SMARTS) is 1. The van der Waals surface area contributed by atoms with Crippen LogP contribution in [0.3, 0.4) is 0 Å². The highest BCUT2D eigenvalue weighted by Crippen LogP contribution is 2.16. The molecule has 1 atom stereocenters. The van der Waals surface area contributed by atoms with E-state index in [1.165, 1.54) is 6.33 Å². The first kappa shape index (κ1) is 16.1. The van der Waals surface area contributed by atoms with Gasteiger partial charge in [-0.1, -0.05) is 18.2 Å². The molecule has 1 fully saturated rings. The van der Waals surface area contributed by atoms with Crippen LogP contribution >= 0.6 is 0 Å². The molecule has 24 heavy (non-hydrogen) atoms. The summed E-state index contributed by atoms with van der Waals surface area (Å²) in [6.45, 7) is 1.52. The number of ether oxygens (including phenoxy) is 1. The van der Waals surface area contributed by atoms with Crippen LogP contribution in [-0.4, -0.2) is 62.4 Å². The summed E-state index contributed by atoms with van der Waals surface area (Å²) in [5, 5.41) is 13.0. The van der Waals surface area contributed by atoms with Gasteiger partial charge in [-0.15, -0.1) is 0 Å². The highest BCUT2D eigenvalue weighted by Gasteiger charge is 2.27. The lowest BCUT2D eigenvalue weighted by Crippen LogP contribution is -2.46. The van der Waals surface area contributed by atoms with Crippen molar-refractivity contribution in [2.24, 2.45) is 0 Å². The van der Waals surface area contributed by atoms with Gasteiger partial charge >= 0.3 is 5.97 Å². The van der Waals surface area contributed by atoms with Gasteiger partial charge in [-0.25, -0.2) is 9.67 Å². The summed E-state index contributed by atoms with van der Waals surface area (Å²) in [4.78, 5) is 29.3. The SMILES string of the molecule is O=C(O)C[C@@H]1CN(C(=O)c2ccccc2Cn2cncn2)CCO1. The fourth-order valence-electron chi connectivity index (χ4n) is 2.75. The molecule has 1 saturated heterocycles. The standard InChI is InChI=1S/C16H18N4O4/c21-15(22)7-13-9-19(5-6-24-13)16(23)14-4-2-1-3-12(14)8-20-11-17-10-18-20/h1-4,10-11,13H,5-9H2,(H,21,22)/t13-/m1/s1. The Hall–Kier alpha value is -2.74. The zero-order chi connectivity index (χ0) is 16.9. The topological polar surface area (TPSA) is 97.6 Å². The molecule has 0 unspecified atom stereocenters. The Morgan fingerprint density at radius 3 is 2.92 bits per heavy atom. The van der Waals surface area contributed by atoms with Crippen LogP contribution in [0.1, 0.15) is 22.3 Å². The summed E-state index contributed by atoms with van der Waals surface area (Å²) in [6, 6.07) is 7.34. The first-order valence-corrected chi connectivity index (χ1v) is 7.66. The van der Waals surface area contributed by atoms with Gasteiger partial charge in [-0.05, 0) is 11.6 Å². The highest BCUT2D eigenvalue weighted by atomic mass is 16.5. The molecule has 2 aromatic rings. The van der Waals surface area contributed by atoms with Crippen LogP contribution in [0.5, 0.6) is 0 Å². The summed E-state index contributed by atoms with van der Waals surface area (Å²) in [5.74, 6) is -1.05. The smallest absolute Gasteiger partial charge is 0.306 e. The van der Waals surface area contributed by atoms with Gasteiger partial charge in [0.1, 0.15) is 12.7 Å². The number of rotatable bonds is 5. The molecule has 0 radical (unpaired) electrons. The predicted molar refractivity (Wildman–Crippen MR) is 83.5 cm³/mol. The molecule has 1 amide bonds. The number of aromatic nitrogens is 3. The van der Waals surface area contributed by atoms with Crippen molar-refractivity contribution in [3.05, 3.63) is 48.0 Å². The molecule has 0 aliphatic carbocycles. The average Bonchev–Trinajstić information content (AvgIpc) is 3.07. The van der Waals surface area contributed by atoms with Crippen LogP contribution in [0.15, 0.2) is 36.9 Å². The van der Waals surface area contributed by atoms with Crippen LogP contribution in [-0.2, 0) is 16.1 Å². The number of amides is 1. The number of carboxylic acids is 1. The van der Waals surface area contributed by atoms with E-state index in [9.17, 15) is 9.59 Å². The van der Waals surface area contributed by atoms with E-state index in [-0.39, 0.29) is 18.9 Å². The van der Waals surface area contributed by atoms with Crippen LogP contribution in [0.25, 0.3) is 0 Å². The van der Waals surface area contributed by atoms with Gasteiger partial charge in [0.05, 0.1) is 25.7 Å². The molecule has 126 valence electrons. The second kappa shape index (κ2) is 7.22. The number of hydrogen-bond acceptors (Lipinski definition) is 5. The lowest BCUT2D eigenvalue weighted by Gasteiger charge is -2.32. The van der Waals surface area contributed by atoms with Crippen molar-refractivity contribution in [3.8, 4) is 0 Å². The molecule has 8 heteroatoms. The molecule has 2 heterocycles. The summed E-state index contributed by atoms with van der Waals surface area (Å²) < 4.78 is 7.07. The van der Waals surface area contributed by atoms with Gasteiger partial charge in [0.25, 0.3) is 5.91 Å². The Morgan fingerprint density at radius 2 is 2.17 bits per heavy atom. The monoisotopic (exact) mass is 330 g/mol. The van der Waals surface area contributed by atoms with Crippen molar-refractivity contribution >= 4 is 11.9 Å². The molecule has 1 aliphatic heterocycles. The molecule has 0 saturated carbocycles. The first-order valence-electron chi connectivity index (χ1n) is 7.66. The Bertz CT molecular complexity index is 717. The molecular formula is C16H18N4O4. The van der Waals surface area contributed by atoms with E-state index < -0.39 is 12.1 Å². The van der Waals surface area contributed by atoms with Crippen molar-refractivity contribution in [2.75, 3.05) is 19.7 Å². The fraction of sp³-hybridized carbons (Fsp3) is 0.375. The summed E-state index contributed by atoms with van der Waals surface area (Å²) in [7, 11) is 0. The zero-order valence-corrected chi connectivity index (χ0v) is 13.0. The Balaban J connectivity index is 1.76. The molecule has 1 aromatic heterocycles. The molecule has 1 aliphatic rings. The van der Waals surface area contributed by atoms with Crippen molar-refractivity contribution in [1.29, 1.82) is 0 Å². The molecule has 1 aromatic carbocycles. The summed E-state index contributed by atoms with van der Waals surface area (Å²) in [6.07, 6.45) is 2.47. The Kier molecular flexibility index (Phi) is 4.85. The Morgan fingerprint density at radius 1 is 1.33 bits per heavy atom. The first-order chi connectivity index (χ1) is 11.6. The van der Waals surface area contributed by atoms with Gasteiger partial charge < -0.3 is 14.7 Å². The number of carbonyl (C=O) groups excluding carboxylic acids is 1. The van der Waals surface area contributed by atoms with Gasteiger partial charge in [0.2, 0.25) is 0 Å². The fourth-order valence-corrected chi connectivity index (χ4v) is 2.75. The third-order valence-corrected chi connectivity index (χ3v) is 3.87. The third-order valence-electron chi connectivity index (χ3n) is 3.87. The maximum atomic E-state index is 12.9. The third kappa shape index (κ3) is 3.77. The summed E-state index contributed by atoms with van der Waals surface area (Å²) in [5.41, 5.74) is 1.43. The van der Waals surface area contributed by atoms with Gasteiger partial charge in [-0.3, -0.25) is 9.59 Å². The van der Waals surface area contributed by atoms with Gasteiger partial charge in [0.15, 0.2) is 0 Å². The number of carbonyl (C=O) groups is 2. The minimum atomic E-state index is -0.930. The van der Waals surface area contributed by atoms with Crippen LogP contribution in [0.4, 0.5) is 0 Å². The van der Waals surface area contributed by atoms with Crippen LogP contribution in [0, 0.1) is 0 Å². The molecule has 0 spiro atoms. The second-order valence-electron chi connectivity index (χ2n) is 5.59. The summed E-state index contributed by atoms with van der Waals surface area (Å²) >= 11 is 0. The van der Waals surface area contributed by atoms with Crippen molar-refractivity contribution in [2.45, 2.75) is 19.1 Å². The molecule has 3 rings (SSSR count). The zero-order valence-electron chi connectivity index (χ0n) is 13.0. The largest absolute Gasteiger partial charge is 0.481 e. The van der Waals surface area contributed by atoms with Crippen LogP contribution in [0.2, 0.25) is 0 Å². The van der Waals surface area contributed by atoms with E-state index in [0.717, 1.165) is 5.56 Å². The molecule has 1 N–H and O–H groups in total. The van der Waals surface area contributed by atoms with Gasteiger partial charge in [-0.2, -0.15) is 5.10 Å². The van der Waals surface area contributed by atoms with E-state index >= 15 is 0 Å². The maximum absolute atomic E-state index is 12.9. The molecule has 0 bridgehead atoms. The maximum Gasteiger partial charge on any atom is 0.306 e.